The molecular weight excluding hydrogens is 330 g/mol. The van der Waals surface area contributed by atoms with Crippen LogP contribution in [-0.2, 0) is 9.59 Å². The number of rotatable bonds is 8. The normalized spacial score (nSPS) is 11.3. The second-order valence-corrected chi connectivity index (χ2v) is 5.74. The number of carbonyl (C=O) groups is 3. The molecule has 0 saturated carbocycles. The molecular formula is C20H23N3O3. The molecule has 2 rings (SSSR count). The fraction of sp³-hybridized carbons (Fsp3) is 0.250. The Balaban J connectivity index is 2.04. The van der Waals surface area contributed by atoms with Crippen LogP contribution in [0.5, 0.6) is 0 Å². The van der Waals surface area contributed by atoms with E-state index in [2.05, 4.69) is 16.0 Å². The number of hydrogen-bond donors (Lipinski definition) is 3. The minimum Gasteiger partial charge on any atom is -0.355 e. The summed E-state index contributed by atoms with van der Waals surface area (Å²) >= 11 is 0. The van der Waals surface area contributed by atoms with Gasteiger partial charge >= 0.3 is 0 Å². The van der Waals surface area contributed by atoms with Gasteiger partial charge in [0.1, 0.15) is 0 Å². The van der Waals surface area contributed by atoms with Crippen molar-refractivity contribution in [3.05, 3.63) is 71.8 Å². The van der Waals surface area contributed by atoms with Gasteiger partial charge in [0.25, 0.3) is 5.91 Å². The Hall–Kier alpha value is -3.15. The first-order valence-electron chi connectivity index (χ1n) is 8.54. The highest BCUT2D eigenvalue weighted by Crippen LogP contribution is 2.17. The predicted octanol–water partition coefficient (Wildman–Crippen LogP) is 1.80. The van der Waals surface area contributed by atoms with Gasteiger partial charge in [-0.2, -0.15) is 0 Å². The highest BCUT2D eigenvalue weighted by Gasteiger charge is 2.19. The van der Waals surface area contributed by atoms with E-state index in [0.29, 0.717) is 12.1 Å². The van der Waals surface area contributed by atoms with E-state index in [-0.39, 0.29) is 30.7 Å². The van der Waals surface area contributed by atoms with Crippen LogP contribution in [0, 0.1) is 0 Å². The van der Waals surface area contributed by atoms with Gasteiger partial charge in [-0.3, -0.25) is 14.4 Å². The first-order chi connectivity index (χ1) is 12.6. The first-order valence-corrected chi connectivity index (χ1v) is 8.54. The van der Waals surface area contributed by atoms with E-state index in [1.54, 1.807) is 24.3 Å². The number of carbonyl (C=O) groups excluding carboxylic acids is 3. The van der Waals surface area contributed by atoms with Crippen molar-refractivity contribution in [3.63, 3.8) is 0 Å². The minimum absolute atomic E-state index is 0.0436. The Labute approximate surface area is 153 Å². The summed E-state index contributed by atoms with van der Waals surface area (Å²) < 4.78 is 0. The highest BCUT2D eigenvalue weighted by molar-refractivity contribution is 5.94. The maximum absolute atomic E-state index is 12.5. The molecule has 26 heavy (non-hydrogen) atoms. The molecule has 3 N–H and O–H groups in total. The van der Waals surface area contributed by atoms with Crippen molar-refractivity contribution >= 4 is 17.7 Å². The Bertz CT molecular complexity index is 732. The molecule has 0 spiro atoms. The Kier molecular flexibility index (Phi) is 7.36. The summed E-state index contributed by atoms with van der Waals surface area (Å²) in [4.78, 5) is 36.1. The van der Waals surface area contributed by atoms with Gasteiger partial charge in [-0.25, -0.2) is 0 Å². The second-order valence-electron chi connectivity index (χ2n) is 5.74. The number of likely N-dealkylation sites (N-methyl/N-ethyl adjacent to an activating group) is 1. The molecule has 0 bridgehead atoms. The van der Waals surface area contributed by atoms with Crippen LogP contribution >= 0.6 is 0 Å². The maximum atomic E-state index is 12.5. The molecule has 0 unspecified atom stereocenters. The van der Waals surface area contributed by atoms with Gasteiger partial charge in [-0.05, 0) is 24.6 Å². The van der Waals surface area contributed by atoms with Gasteiger partial charge in [0.15, 0.2) is 0 Å². The zero-order valence-electron chi connectivity index (χ0n) is 14.7. The molecule has 2 aromatic carbocycles. The van der Waals surface area contributed by atoms with Gasteiger partial charge in [0.05, 0.1) is 19.0 Å². The first kappa shape index (κ1) is 19.2. The molecule has 0 fully saturated rings. The largest absolute Gasteiger partial charge is 0.355 e. The van der Waals surface area contributed by atoms with Crippen LogP contribution in [0.25, 0.3) is 0 Å². The van der Waals surface area contributed by atoms with E-state index in [9.17, 15) is 14.4 Å². The molecule has 0 aliphatic rings. The van der Waals surface area contributed by atoms with Crippen molar-refractivity contribution < 1.29 is 14.4 Å². The van der Waals surface area contributed by atoms with Crippen LogP contribution in [0.15, 0.2) is 60.7 Å². The molecule has 136 valence electrons. The van der Waals surface area contributed by atoms with E-state index in [0.717, 1.165) is 5.56 Å². The predicted molar refractivity (Wildman–Crippen MR) is 99.4 cm³/mol. The third kappa shape index (κ3) is 6.05. The lowest BCUT2D eigenvalue weighted by Crippen LogP contribution is -2.39. The van der Waals surface area contributed by atoms with Gasteiger partial charge in [-0.15, -0.1) is 0 Å². The zero-order chi connectivity index (χ0) is 18.8. The van der Waals surface area contributed by atoms with E-state index >= 15 is 0 Å². The van der Waals surface area contributed by atoms with Crippen molar-refractivity contribution in [1.29, 1.82) is 0 Å². The molecule has 0 saturated heterocycles. The topological polar surface area (TPSA) is 87.3 Å². The second kappa shape index (κ2) is 9.98. The summed E-state index contributed by atoms with van der Waals surface area (Å²) in [6, 6.07) is 17.6. The average Bonchev–Trinajstić information content (AvgIpc) is 2.67. The molecule has 0 aromatic heterocycles. The summed E-state index contributed by atoms with van der Waals surface area (Å²) in [6.45, 7) is 2.24. The lowest BCUT2D eigenvalue weighted by Gasteiger charge is -2.19. The fourth-order valence-electron chi connectivity index (χ4n) is 2.46. The minimum atomic E-state index is -0.488. The molecule has 0 aliphatic carbocycles. The van der Waals surface area contributed by atoms with Gasteiger partial charge in [0, 0.05) is 12.1 Å². The van der Waals surface area contributed by atoms with Crippen LogP contribution in [0.3, 0.4) is 0 Å². The number of amides is 3. The zero-order valence-corrected chi connectivity index (χ0v) is 14.7. The highest BCUT2D eigenvalue weighted by atomic mass is 16.2. The van der Waals surface area contributed by atoms with Gasteiger partial charge in [0.2, 0.25) is 11.8 Å². The maximum Gasteiger partial charge on any atom is 0.251 e. The van der Waals surface area contributed by atoms with E-state index < -0.39 is 6.04 Å². The van der Waals surface area contributed by atoms with Crippen LogP contribution in [0.2, 0.25) is 0 Å². The standard InChI is InChI=1S/C20H23N3O3/c1-2-21-19(25)14-22-18(24)13-17(15-9-5-3-6-10-15)23-20(26)16-11-7-4-8-12-16/h3-12,17H,2,13-14H2,1H3,(H,21,25)(H,22,24)(H,23,26)/t17-/m1/s1. The summed E-state index contributed by atoms with van der Waals surface area (Å²) in [5, 5.41) is 8.09. The van der Waals surface area contributed by atoms with E-state index in [1.165, 1.54) is 0 Å². The fourth-order valence-corrected chi connectivity index (χ4v) is 2.46. The van der Waals surface area contributed by atoms with Crippen molar-refractivity contribution in [2.45, 2.75) is 19.4 Å². The Morgan fingerprint density at radius 3 is 2.08 bits per heavy atom. The molecule has 2 aromatic rings. The summed E-state index contributed by atoms with van der Waals surface area (Å²) in [7, 11) is 0. The molecule has 0 radical (unpaired) electrons. The van der Waals surface area contributed by atoms with E-state index in [1.807, 2.05) is 43.3 Å². The number of nitrogens with one attached hydrogen (secondary N) is 3. The quantitative estimate of drug-likeness (QED) is 0.676. The molecule has 6 nitrogen and oxygen atoms in total. The van der Waals surface area contributed by atoms with Gasteiger partial charge in [-0.1, -0.05) is 48.5 Å². The van der Waals surface area contributed by atoms with Crippen molar-refractivity contribution in [3.8, 4) is 0 Å². The lowest BCUT2D eigenvalue weighted by atomic mass is 10.0. The van der Waals surface area contributed by atoms with Crippen LogP contribution in [0.1, 0.15) is 35.3 Å². The van der Waals surface area contributed by atoms with E-state index in [4.69, 9.17) is 0 Å². The van der Waals surface area contributed by atoms with Crippen LogP contribution in [0.4, 0.5) is 0 Å². The molecule has 0 aliphatic heterocycles. The smallest absolute Gasteiger partial charge is 0.251 e. The van der Waals surface area contributed by atoms with Crippen LogP contribution in [-0.4, -0.2) is 30.8 Å². The molecule has 3 amide bonds. The molecule has 6 heteroatoms. The number of hydrogen-bond acceptors (Lipinski definition) is 3. The monoisotopic (exact) mass is 353 g/mol. The Morgan fingerprint density at radius 1 is 0.846 bits per heavy atom. The summed E-state index contributed by atoms with van der Waals surface area (Å²) in [5.74, 6) is -0.806. The third-order valence-corrected chi connectivity index (χ3v) is 3.75. The third-order valence-electron chi connectivity index (χ3n) is 3.75. The van der Waals surface area contributed by atoms with Crippen molar-refractivity contribution in [2.75, 3.05) is 13.1 Å². The molecule has 0 heterocycles. The number of benzene rings is 2. The van der Waals surface area contributed by atoms with Crippen molar-refractivity contribution in [1.82, 2.24) is 16.0 Å². The van der Waals surface area contributed by atoms with Gasteiger partial charge < -0.3 is 16.0 Å². The SMILES string of the molecule is CCNC(=O)CNC(=O)C[C@@H](NC(=O)c1ccccc1)c1ccccc1. The summed E-state index contributed by atoms with van der Waals surface area (Å²) in [6.07, 6.45) is 0.0436. The summed E-state index contributed by atoms with van der Waals surface area (Å²) in [5.41, 5.74) is 1.35. The average molecular weight is 353 g/mol. The molecule has 1 atom stereocenters. The van der Waals surface area contributed by atoms with Crippen LogP contribution < -0.4 is 16.0 Å². The Morgan fingerprint density at radius 2 is 1.46 bits per heavy atom. The van der Waals surface area contributed by atoms with Crippen molar-refractivity contribution in [2.24, 2.45) is 0 Å². The lowest BCUT2D eigenvalue weighted by molar-refractivity contribution is -0.126.